The van der Waals surface area contributed by atoms with Crippen LogP contribution in [0.25, 0.3) is 21.7 Å². The minimum atomic E-state index is -0.724. The van der Waals surface area contributed by atoms with E-state index in [0.29, 0.717) is 22.7 Å². The van der Waals surface area contributed by atoms with Crippen molar-refractivity contribution in [1.29, 1.82) is 0 Å². The van der Waals surface area contributed by atoms with Crippen LogP contribution in [0.5, 0.6) is 0 Å². The van der Waals surface area contributed by atoms with E-state index in [9.17, 15) is 14.4 Å². The molecule has 10 heteroatoms. The number of rotatable bonds is 5. The quantitative estimate of drug-likeness (QED) is 0.559. The van der Waals surface area contributed by atoms with Crippen LogP contribution in [0.1, 0.15) is 48.7 Å². The van der Waals surface area contributed by atoms with Gasteiger partial charge in [0.1, 0.15) is 0 Å². The number of ether oxygens (including phenoxy) is 1. The largest absolute Gasteiger partial charge is 0.452 e. The Labute approximate surface area is 188 Å². The molecule has 1 saturated carbocycles. The fourth-order valence-corrected chi connectivity index (χ4v) is 4.60. The maximum atomic E-state index is 12.8. The Hall–Kier alpha value is -3.27. The Kier molecular flexibility index (Phi) is 6.50. The van der Waals surface area contributed by atoms with Crippen molar-refractivity contribution in [2.45, 2.75) is 45.6 Å². The lowest BCUT2D eigenvalue weighted by atomic mass is 9.86. The number of imide groups is 1. The molecule has 0 radical (unpaired) electrons. The van der Waals surface area contributed by atoms with E-state index >= 15 is 0 Å². The number of thiophene rings is 1. The zero-order valence-corrected chi connectivity index (χ0v) is 18.7. The molecule has 0 aromatic carbocycles. The number of hydrogen-bond donors (Lipinski definition) is 2. The van der Waals surface area contributed by atoms with Crippen LogP contribution in [0.2, 0.25) is 0 Å². The molecule has 3 heterocycles. The summed E-state index contributed by atoms with van der Waals surface area (Å²) in [7, 11) is 0. The van der Waals surface area contributed by atoms with Gasteiger partial charge in [-0.25, -0.2) is 14.6 Å². The van der Waals surface area contributed by atoms with Gasteiger partial charge in [0.15, 0.2) is 6.61 Å². The van der Waals surface area contributed by atoms with Crippen molar-refractivity contribution >= 4 is 40.3 Å². The standard InChI is InChI=1S/C22H24N4O5S/c1-12-6-3-4-7-15(12)24-22(29)25-18(27)11-30-21(28)14-10-16(17-8-5-9-32-17)23-20-19(14)13(2)26-31-20/h5,8-10,12,15H,3-4,6-7,11H2,1-2H3,(H2,24,25,27,29). The Bertz CT molecular complexity index is 1140. The highest BCUT2D eigenvalue weighted by molar-refractivity contribution is 7.13. The first-order valence-electron chi connectivity index (χ1n) is 10.5. The van der Waals surface area contributed by atoms with E-state index in [1.807, 2.05) is 17.5 Å². The summed E-state index contributed by atoms with van der Waals surface area (Å²) in [6.07, 6.45) is 4.14. The van der Waals surface area contributed by atoms with Gasteiger partial charge in [0.05, 0.1) is 27.2 Å². The van der Waals surface area contributed by atoms with Crippen LogP contribution in [0.4, 0.5) is 4.79 Å². The molecule has 4 rings (SSSR count). The summed E-state index contributed by atoms with van der Waals surface area (Å²) in [6.45, 7) is 3.19. The summed E-state index contributed by atoms with van der Waals surface area (Å²) < 4.78 is 10.4. The second-order valence-electron chi connectivity index (χ2n) is 7.95. The number of amides is 3. The molecule has 0 bridgehead atoms. The van der Waals surface area contributed by atoms with Crippen molar-refractivity contribution in [3.8, 4) is 10.6 Å². The van der Waals surface area contributed by atoms with Crippen LogP contribution in [0.3, 0.4) is 0 Å². The smallest absolute Gasteiger partial charge is 0.339 e. The molecular weight excluding hydrogens is 432 g/mol. The highest BCUT2D eigenvalue weighted by Crippen LogP contribution is 2.29. The van der Waals surface area contributed by atoms with Crippen molar-refractivity contribution in [3.05, 3.63) is 34.8 Å². The fraction of sp³-hybridized carbons (Fsp3) is 0.409. The molecule has 0 aliphatic heterocycles. The fourth-order valence-electron chi connectivity index (χ4n) is 3.91. The number of pyridine rings is 1. The maximum absolute atomic E-state index is 12.8. The van der Waals surface area contributed by atoms with E-state index in [4.69, 9.17) is 9.26 Å². The number of aromatic nitrogens is 2. The number of urea groups is 1. The zero-order valence-electron chi connectivity index (χ0n) is 17.8. The SMILES string of the molecule is Cc1noc2nc(-c3cccs3)cc(C(=O)OCC(=O)NC(=O)NC3CCCCC3C)c12. The molecule has 2 atom stereocenters. The molecule has 2 unspecified atom stereocenters. The van der Waals surface area contributed by atoms with Crippen LogP contribution in [-0.2, 0) is 9.53 Å². The normalized spacial score (nSPS) is 18.3. The maximum Gasteiger partial charge on any atom is 0.339 e. The molecule has 1 fully saturated rings. The minimum Gasteiger partial charge on any atom is -0.452 e. The first-order chi connectivity index (χ1) is 15.4. The number of fused-ring (bicyclic) bond motifs is 1. The van der Waals surface area contributed by atoms with Crippen LogP contribution >= 0.6 is 11.3 Å². The van der Waals surface area contributed by atoms with Crippen molar-refractivity contribution in [1.82, 2.24) is 20.8 Å². The Balaban J connectivity index is 1.41. The van der Waals surface area contributed by atoms with E-state index in [-0.39, 0.29) is 17.3 Å². The van der Waals surface area contributed by atoms with Gasteiger partial charge in [0.2, 0.25) is 0 Å². The molecule has 2 N–H and O–H groups in total. The van der Waals surface area contributed by atoms with Gasteiger partial charge in [0, 0.05) is 6.04 Å². The average Bonchev–Trinajstić information content (AvgIpc) is 3.43. The van der Waals surface area contributed by atoms with E-state index in [0.717, 1.165) is 30.6 Å². The summed E-state index contributed by atoms with van der Waals surface area (Å²) in [4.78, 5) is 42.3. The van der Waals surface area contributed by atoms with E-state index in [2.05, 4.69) is 27.7 Å². The number of carbonyl (C=O) groups excluding carboxylic acids is 3. The third-order valence-corrected chi connectivity index (χ3v) is 6.52. The molecule has 3 amide bonds. The van der Waals surface area contributed by atoms with Crippen LogP contribution in [0, 0.1) is 12.8 Å². The molecule has 1 aliphatic rings. The first-order valence-corrected chi connectivity index (χ1v) is 11.4. The number of carbonyl (C=O) groups is 3. The van der Waals surface area contributed by atoms with Gasteiger partial charge >= 0.3 is 12.0 Å². The number of nitrogens with zero attached hydrogens (tertiary/aromatic N) is 2. The third-order valence-electron chi connectivity index (χ3n) is 5.63. The van der Waals surface area contributed by atoms with Gasteiger partial charge in [-0.1, -0.05) is 31.0 Å². The lowest BCUT2D eigenvalue weighted by Gasteiger charge is -2.29. The van der Waals surface area contributed by atoms with Gasteiger partial charge in [-0.3, -0.25) is 10.1 Å². The lowest BCUT2D eigenvalue weighted by Crippen LogP contribution is -2.48. The van der Waals surface area contributed by atoms with Crippen LogP contribution < -0.4 is 10.6 Å². The van der Waals surface area contributed by atoms with Crippen LogP contribution in [-0.4, -0.2) is 40.7 Å². The molecule has 3 aromatic rings. The molecule has 3 aromatic heterocycles. The molecule has 0 saturated heterocycles. The van der Waals surface area contributed by atoms with Gasteiger partial charge in [-0.2, -0.15) is 0 Å². The Morgan fingerprint density at radius 2 is 2.09 bits per heavy atom. The monoisotopic (exact) mass is 456 g/mol. The summed E-state index contributed by atoms with van der Waals surface area (Å²) in [5.41, 5.74) is 1.44. The predicted octanol–water partition coefficient (Wildman–Crippen LogP) is 3.82. The molecule has 0 spiro atoms. The summed E-state index contributed by atoms with van der Waals surface area (Å²) in [5.74, 6) is -1.07. The van der Waals surface area contributed by atoms with E-state index < -0.39 is 24.5 Å². The first kappa shape index (κ1) is 21.9. The van der Waals surface area contributed by atoms with E-state index in [1.165, 1.54) is 11.3 Å². The zero-order chi connectivity index (χ0) is 22.7. The highest BCUT2D eigenvalue weighted by atomic mass is 32.1. The Morgan fingerprint density at radius 3 is 2.84 bits per heavy atom. The number of aryl methyl sites for hydroxylation is 1. The van der Waals surface area contributed by atoms with E-state index in [1.54, 1.807) is 13.0 Å². The molecule has 1 aliphatic carbocycles. The summed E-state index contributed by atoms with van der Waals surface area (Å²) >= 11 is 1.47. The average molecular weight is 457 g/mol. The van der Waals surface area contributed by atoms with Gasteiger partial charge in [0.25, 0.3) is 11.6 Å². The summed E-state index contributed by atoms with van der Waals surface area (Å²) in [6, 6.07) is 4.80. The van der Waals surface area contributed by atoms with Gasteiger partial charge in [-0.05, 0) is 43.2 Å². The van der Waals surface area contributed by atoms with Crippen molar-refractivity contribution < 1.29 is 23.6 Å². The number of hydrogen-bond acceptors (Lipinski definition) is 8. The number of esters is 1. The lowest BCUT2D eigenvalue weighted by molar-refractivity contribution is -0.123. The highest BCUT2D eigenvalue weighted by Gasteiger charge is 2.24. The molecular formula is C22H24N4O5S. The predicted molar refractivity (Wildman–Crippen MR) is 118 cm³/mol. The van der Waals surface area contributed by atoms with Crippen molar-refractivity contribution in [2.24, 2.45) is 5.92 Å². The second-order valence-corrected chi connectivity index (χ2v) is 8.89. The molecule has 32 heavy (non-hydrogen) atoms. The summed E-state index contributed by atoms with van der Waals surface area (Å²) in [5, 5.41) is 11.3. The minimum absolute atomic E-state index is 0.0384. The number of nitrogens with one attached hydrogen (secondary N) is 2. The van der Waals surface area contributed by atoms with Crippen LogP contribution in [0.15, 0.2) is 28.1 Å². The molecule has 9 nitrogen and oxygen atoms in total. The second kappa shape index (κ2) is 9.47. The van der Waals surface area contributed by atoms with Gasteiger partial charge < -0.3 is 14.6 Å². The van der Waals surface area contributed by atoms with Crippen molar-refractivity contribution in [3.63, 3.8) is 0 Å². The van der Waals surface area contributed by atoms with Crippen molar-refractivity contribution in [2.75, 3.05) is 6.61 Å². The van der Waals surface area contributed by atoms with Gasteiger partial charge in [-0.15, -0.1) is 11.3 Å². The Morgan fingerprint density at radius 1 is 1.28 bits per heavy atom. The third kappa shape index (κ3) is 4.80. The molecule has 168 valence electrons. The topological polar surface area (TPSA) is 123 Å².